The summed E-state index contributed by atoms with van der Waals surface area (Å²) in [4.78, 5) is 17.1. The summed E-state index contributed by atoms with van der Waals surface area (Å²) in [5, 5.41) is 4.98. The third-order valence-corrected chi connectivity index (χ3v) is 7.14. The molecule has 3 aromatic rings. The molecule has 0 radical (unpaired) electrons. The summed E-state index contributed by atoms with van der Waals surface area (Å²) >= 11 is 1.31. The second-order valence-electron chi connectivity index (χ2n) is 7.44. The van der Waals surface area contributed by atoms with E-state index < -0.39 is 15.9 Å². The van der Waals surface area contributed by atoms with Crippen molar-refractivity contribution in [2.75, 3.05) is 12.4 Å². The molecule has 10 heteroatoms. The fourth-order valence-corrected chi connectivity index (χ4v) is 4.90. The first-order valence-corrected chi connectivity index (χ1v) is 12.4. The molecule has 0 spiro atoms. The molecule has 1 fully saturated rings. The minimum atomic E-state index is -3.66. The molecular weight excluding hydrogens is 450 g/mol. The molecule has 0 atom stereocenters. The van der Waals surface area contributed by atoms with Gasteiger partial charge in [0.15, 0.2) is 0 Å². The molecule has 1 aromatic heterocycles. The molecule has 0 bridgehead atoms. The van der Waals surface area contributed by atoms with Crippen LogP contribution in [0.3, 0.4) is 0 Å². The number of benzene rings is 2. The topological polar surface area (TPSA) is 107 Å². The number of nitrogens with zero attached hydrogens (tertiary/aromatic N) is 1. The Hall–Kier alpha value is -2.95. The van der Waals surface area contributed by atoms with Crippen LogP contribution in [0, 0.1) is 6.92 Å². The Kier molecular flexibility index (Phi) is 6.45. The number of aromatic nitrogens is 1. The van der Waals surface area contributed by atoms with Gasteiger partial charge in [-0.05, 0) is 50.1 Å². The molecule has 1 aliphatic carbocycles. The number of carbonyl (C=O) groups is 1. The van der Waals surface area contributed by atoms with Crippen LogP contribution in [0.2, 0.25) is 0 Å². The molecule has 8 nitrogen and oxygen atoms in total. The number of hydrogen-bond acceptors (Lipinski definition) is 7. The number of hydrogen-bond donors (Lipinski definition) is 2. The number of rotatable bonds is 9. The van der Waals surface area contributed by atoms with Crippen molar-refractivity contribution in [3.05, 3.63) is 64.1 Å². The lowest BCUT2D eigenvalue weighted by molar-refractivity contribution is 0.102. The van der Waals surface area contributed by atoms with Crippen molar-refractivity contribution in [3.63, 3.8) is 0 Å². The van der Waals surface area contributed by atoms with E-state index >= 15 is 0 Å². The van der Waals surface area contributed by atoms with E-state index in [1.54, 1.807) is 5.38 Å². The Morgan fingerprint density at radius 3 is 2.62 bits per heavy atom. The molecule has 2 aromatic carbocycles. The zero-order chi connectivity index (χ0) is 22.7. The maximum atomic E-state index is 12.7. The SMILES string of the molecule is COc1ccc(S(=O)(=O)NC2CC2)cc1NC(=O)c1csc(COc2ccc(C)cc2)n1. The van der Waals surface area contributed by atoms with Crippen LogP contribution in [0.25, 0.3) is 0 Å². The van der Waals surface area contributed by atoms with Crippen LogP contribution >= 0.6 is 11.3 Å². The van der Waals surface area contributed by atoms with Gasteiger partial charge >= 0.3 is 0 Å². The van der Waals surface area contributed by atoms with Crippen LogP contribution in [-0.4, -0.2) is 32.5 Å². The summed E-state index contributed by atoms with van der Waals surface area (Å²) < 4.78 is 38.6. The van der Waals surface area contributed by atoms with Gasteiger partial charge in [-0.25, -0.2) is 18.1 Å². The number of carbonyl (C=O) groups excluding carboxylic acids is 1. The van der Waals surface area contributed by atoms with Crippen molar-refractivity contribution >= 4 is 33.0 Å². The molecule has 2 N–H and O–H groups in total. The monoisotopic (exact) mass is 473 g/mol. The van der Waals surface area contributed by atoms with Gasteiger partial charge in [0.05, 0.1) is 17.7 Å². The van der Waals surface area contributed by atoms with Crippen LogP contribution in [0.1, 0.15) is 33.9 Å². The van der Waals surface area contributed by atoms with E-state index in [1.165, 1.54) is 36.6 Å². The molecule has 0 aliphatic heterocycles. The summed E-state index contributed by atoms with van der Waals surface area (Å²) in [5.41, 5.74) is 1.60. The van der Waals surface area contributed by atoms with Gasteiger partial charge < -0.3 is 14.8 Å². The lowest BCUT2D eigenvalue weighted by Crippen LogP contribution is -2.26. The Bertz CT molecular complexity index is 1220. The van der Waals surface area contributed by atoms with Crippen molar-refractivity contribution in [2.24, 2.45) is 0 Å². The van der Waals surface area contributed by atoms with Gasteiger partial charge in [0.25, 0.3) is 5.91 Å². The zero-order valence-electron chi connectivity index (χ0n) is 17.6. The van der Waals surface area contributed by atoms with Gasteiger partial charge in [-0.1, -0.05) is 17.7 Å². The van der Waals surface area contributed by atoms with Crippen LogP contribution < -0.4 is 19.5 Å². The normalized spacial score (nSPS) is 13.6. The minimum absolute atomic E-state index is 0.0179. The highest BCUT2D eigenvalue weighted by atomic mass is 32.2. The molecule has 168 valence electrons. The van der Waals surface area contributed by atoms with E-state index in [1.807, 2.05) is 31.2 Å². The maximum Gasteiger partial charge on any atom is 0.275 e. The Balaban J connectivity index is 1.45. The van der Waals surface area contributed by atoms with Gasteiger partial charge in [0, 0.05) is 11.4 Å². The third kappa shape index (κ3) is 5.45. The van der Waals surface area contributed by atoms with Crippen LogP contribution in [0.15, 0.2) is 52.7 Å². The smallest absolute Gasteiger partial charge is 0.275 e. The minimum Gasteiger partial charge on any atom is -0.495 e. The number of nitrogens with one attached hydrogen (secondary N) is 2. The first kappa shape index (κ1) is 22.3. The second-order valence-corrected chi connectivity index (χ2v) is 10.1. The molecule has 0 saturated heterocycles. The second kappa shape index (κ2) is 9.27. The van der Waals surface area contributed by atoms with Crippen molar-refractivity contribution in [1.29, 1.82) is 0 Å². The highest BCUT2D eigenvalue weighted by Gasteiger charge is 2.28. The van der Waals surface area contributed by atoms with Crippen LogP contribution in [0.5, 0.6) is 11.5 Å². The average molecular weight is 474 g/mol. The number of amides is 1. The molecule has 1 amide bonds. The van der Waals surface area contributed by atoms with E-state index in [-0.39, 0.29) is 28.9 Å². The standard InChI is InChI=1S/C22H23N3O5S2/c1-14-3-7-16(8-4-14)30-12-21-23-19(13-31-21)22(26)24-18-11-17(9-10-20(18)29-2)32(27,28)25-15-5-6-15/h3-4,7-11,13,15,25H,5-6,12H2,1-2H3,(H,24,26). The summed E-state index contributed by atoms with van der Waals surface area (Å²) in [7, 11) is -2.21. The van der Waals surface area contributed by atoms with E-state index in [0.717, 1.165) is 24.2 Å². The van der Waals surface area contributed by atoms with Gasteiger partial charge in [0.1, 0.15) is 28.8 Å². The van der Waals surface area contributed by atoms with Gasteiger partial charge in [0.2, 0.25) is 10.0 Å². The summed E-state index contributed by atoms with van der Waals surface area (Å²) in [5.74, 6) is 0.604. The predicted molar refractivity (Wildman–Crippen MR) is 122 cm³/mol. The zero-order valence-corrected chi connectivity index (χ0v) is 19.3. The molecule has 1 aliphatic rings. The third-order valence-electron chi connectivity index (χ3n) is 4.80. The van der Waals surface area contributed by atoms with E-state index in [9.17, 15) is 13.2 Å². The quantitative estimate of drug-likeness (QED) is 0.490. The van der Waals surface area contributed by atoms with Gasteiger partial charge in [-0.3, -0.25) is 4.79 Å². The average Bonchev–Trinajstić information content (AvgIpc) is 3.44. The molecule has 0 unspecified atom stereocenters. The lowest BCUT2D eigenvalue weighted by atomic mass is 10.2. The number of ether oxygens (including phenoxy) is 2. The summed E-state index contributed by atoms with van der Waals surface area (Å²) in [6.07, 6.45) is 1.66. The summed E-state index contributed by atoms with van der Waals surface area (Å²) in [6.45, 7) is 2.24. The maximum absolute atomic E-state index is 12.7. The lowest BCUT2D eigenvalue weighted by Gasteiger charge is -2.12. The molecule has 32 heavy (non-hydrogen) atoms. The van der Waals surface area contributed by atoms with E-state index in [2.05, 4.69) is 15.0 Å². The van der Waals surface area contributed by atoms with E-state index in [4.69, 9.17) is 9.47 Å². The summed E-state index contributed by atoms with van der Waals surface area (Å²) in [6, 6.07) is 12.0. The molecule has 4 rings (SSSR count). The predicted octanol–water partition coefficient (Wildman–Crippen LogP) is 3.73. The number of methoxy groups -OCH3 is 1. The van der Waals surface area contributed by atoms with E-state index in [0.29, 0.717) is 10.8 Å². The van der Waals surface area contributed by atoms with Gasteiger partial charge in [-0.15, -0.1) is 11.3 Å². The number of aryl methyl sites for hydroxylation is 1. The van der Waals surface area contributed by atoms with Crippen molar-refractivity contribution in [2.45, 2.75) is 37.3 Å². The fourth-order valence-electron chi connectivity index (χ4n) is 2.89. The van der Waals surface area contributed by atoms with Crippen molar-refractivity contribution < 1.29 is 22.7 Å². The van der Waals surface area contributed by atoms with Gasteiger partial charge in [-0.2, -0.15) is 0 Å². The Labute approximate surface area is 190 Å². The number of sulfonamides is 1. The highest BCUT2D eigenvalue weighted by Crippen LogP contribution is 2.29. The molecule has 1 saturated carbocycles. The fraction of sp³-hybridized carbons (Fsp3) is 0.273. The highest BCUT2D eigenvalue weighted by molar-refractivity contribution is 7.89. The largest absolute Gasteiger partial charge is 0.495 e. The number of thiazole rings is 1. The Morgan fingerprint density at radius 1 is 1.19 bits per heavy atom. The van der Waals surface area contributed by atoms with Crippen LogP contribution in [-0.2, 0) is 16.6 Å². The Morgan fingerprint density at radius 2 is 1.94 bits per heavy atom. The first-order valence-electron chi connectivity index (χ1n) is 9.99. The first-order chi connectivity index (χ1) is 15.3. The number of anilines is 1. The molecular formula is C22H23N3O5S2. The molecule has 1 heterocycles. The van der Waals surface area contributed by atoms with Crippen LogP contribution in [0.4, 0.5) is 5.69 Å². The van der Waals surface area contributed by atoms with Crippen molar-refractivity contribution in [1.82, 2.24) is 9.71 Å². The van der Waals surface area contributed by atoms with Crippen molar-refractivity contribution in [3.8, 4) is 11.5 Å².